The number of furan rings is 2. The second-order valence-electron chi connectivity index (χ2n) is 12.3. The van der Waals surface area contributed by atoms with Crippen LogP contribution in [0.3, 0.4) is 0 Å². The van der Waals surface area contributed by atoms with E-state index in [9.17, 15) is 10.2 Å². The predicted octanol–water partition coefficient (Wildman–Crippen LogP) is 12.2. The molecule has 2 aromatic heterocycles. The number of hydrogen-bond donors (Lipinski definition) is 2. The van der Waals surface area contributed by atoms with Gasteiger partial charge in [0.1, 0.15) is 33.8 Å². The number of rotatable bonds is 3. The van der Waals surface area contributed by atoms with Crippen LogP contribution in [0.15, 0.2) is 154 Å². The van der Waals surface area contributed by atoms with Crippen molar-refractivity contribution in [2.24, 2.45) is 0 Å². The Morgan fingerprint density at radius 1 is 0.375 bits per heavy atom. The predicted molar refractivity (Wildman–Crippen MR) is 196 cm³/mol. The molecule has 10 aromatic rings. The van der Waals surface area contributed by atoms with Crippen LogP contribution in [0.4, 0.5) is 0 Å². The number of phenols is 2. The first-order valence-electron chi connectivity index (χ1n) is 16.0. The molecule has 2 heterocycles. The van der Waals surface area contributed by atoms with Crippen molar-refractivity contribution in [3.05, 3.63) is 146 Å². The Labute approximate surface area is 274 Å². The first-order valence-corrected chi connectivity index (χ1v) is 16.0. The van der Waals surface area contributed by atoms with Gasteiger partial charge in [-0.2, -0.15) is 0 Å². The van der Waals surface area contributed by atoms with Crippen LogP contribution in [0.25, 0.3) is 98.8 Å². The van der Waals surface area contributed by atoms with Gasteiger partial charge in [-0.1, -0.05) is 109 Å². The molecule has 0 unspecified atom stereocenters. The summed E-state index contributed by atoms with van der Waals surface area (Å²) >= 11 is 0. The largest absolute Gasteiger partial charge is 0.506 e. The van der Waals surface area contributed by atoms with Gasteiger partial charge in [-0.25, -0.2) is 0 Å². The molecule has 0 spiro atoms. The van der Waals surface area contributed by atoms with Crippen molar-refractivity contribution in [1.29, 1.82) is 0 Å². The summed E-state index contributed by atoms with van der Waals surface area (Å²) in [5.41, 5.74) is 7.16. The van der Waals surface area contributed by atoms with Crippen molar-refractivity contribution < 1.29 is 19.0 Å². The Morgan fingerprint density at radius 2 is 0.771 bits per heavy atom. The van der Waals surface area contributed by atoms with Crippen LogP contribution in [0.1, 0.15) is 0 Å². The number of hydrogen-bond acceptors (Lipinski definition) is 4. The van der Waals surface area contributed by atoms with E-state index in [4.69, 9.17) is 8.83 Å². The number of para-hydroxylation sites is 2. The van der Waals surface area contributed by atoms with Crippen LogP contribution < -0.4 is 0 Å². The molecule has 0 saturated heterocycles. The second kappa shape index (κ2) is 9.99. The Bertz CT molecular complexity index is 2700. The molecule has 0 aliphatic rings. The SMILES string of the molecule is Oc1c(-c2c(-c3ccccc3)cc3ccc4c5ccccc5oc4c3c2O)c(-c2ccccc2)cc2ccc3c4ccccc4oc3c12. The normalized spacial score (nSPS) is 11.9. The fraction of sp³-hybridized carbons (Fsp3) is 0. The molecule has 0 amide bonds. The molecule has 0 aliphatic carbocycles. The van der Waals surface area contributed by atoms with Crippen molar-refractivity contribution >= 4 is 65.4 Å². The molecule has 4 nitrogen and oxygen atoms in total. The molecule has 0 bridgehead atoms. The number of fused-ring (bicyclic) bond motifs is 10. The van der Waals surface area contributed by atoms with Crippen molar-refractivity contribution in [2.75, 3.05) is 0 Å². The minimum Gasteiger partial charge on any atom is -0.506 e. The van der Waals surface area contributed by atoms with Crippen molar-refractivity contribution in [3.63, 3.8) is 0 Å². The molecule has 0 radical (unpaired) electrons. The first-order chi connectivity index (χ1) is 23.7. The summed E-state index contributed by atoms with van der Waals surface area (Å²) in [7, 11) is 0. The van der Waals surface area contributed by atoms with Gasteiger partial charge >= 0.3 is 0 Å². The van der Waals surface area contributed by atoms with Gasteiger partial charge in [0.25, 0.3) is 0 Å². The maximum atomic E-state index is 12.7. The lowest BCUT2D eigenvalue weighted by Crippen LogP contribution is -1.94. The fourth-order valence-electron chi connectivity index (χ4n) is 7.49. The van der Waals surface area contributed by atoms with E-state index < -0.39 is 0 Å². The molecule has 10 rings (SSSR count). The van der Waals surface area contributed by atoms with Crippen molar-refractivity contribution in [1.82, 2.24) is 0 Å². The average molecular weight is 619 g/mol. The van der Waals surface area contributed by atoms with Gasteiger partial charge in [-0.3, -0.25) is 0 Å². The zero-order chi connectivity index (χ0) is 31.9. The highest BCUT2D eigenvalue weighted by Crippen LogP contribution is 2.54. The summed E-state index contributed by atoms with van der Waals surface area (Å²) in [6.07, 6.45) is 0. The Balaban J connectivity index is 1.42. The molecule has 0 aliphatic heterocycles. The molecule has 0 atom stereocenters. The highest BCUT2D eigenvalue weighted by atomic mass is 16.3. The summed E-state index contributed by atoms with van der Waals surface area (Å²) in [6.45, 7) is 0. The average Bonchev–Trinajstić information content (AvgIpc) is 3.71. The third-order valence-electron chi connectivity index (χ3n) is 9.66. The summed E-state index contributed by atoms with van der Waals surface area (Å²) < 4.78 is 12.9. The lowest BCUT2D eigenvalue weighted by atomic mass is 9.84. The van der Waals surface area contributed by atoms with E-state index in [0.717, 1.165) is 65.7 Å². The monoisotopic (exact) mass is 618 g/mol. The molecule has 8 aromatic carbocycles. The zero-order valence-electron chi connectivity index (χ0n) is 25.6. The summed E-state index contributed by atoms with van der Waals surface area (Å²) in [5, 5.41) is 32.0. The van der Waals surface area contributed by atoms with Gasteiger partial charge in [0, 0.05) is 32.7 Å². The van der Waals surface area contributed by atoms with Gasteiger partial charge in [-0.05, 0) is 69.4 Å². The highest BCUT2D eigenvalue weighted by Gasteiger charge is 2.27. The Morgan fingerprint density at radius 3 is 1.21 bits per heavy atom. The quantitative estimate of drug-likeness (QED) is 0.207. The van der Waals surface area contributed by atoms with Crippen molar-refractivity contribution in [3.8, 4) is 44.9 Å². The highest BCUT2D eigenvalue weighted by molar-refractivity contribution is 6.23. The third kappa shape index (κ3) is 3.71. The van der Waals surface area contributed by atoms with Crippen LogP contribution >= 0.6 is 0 Å². The molecule has 0 fully saturated rings. The molecule has 48 heavy (non-hydrogen) atoms. The van der Waals surface area contributed by atoms with E-state index in [1.165, 1.54) is 0 Å². The smallest absolute Gasteiger partial charge is 0.146 e. The van der Waals surface area contributed by atoms with Crippen LogP contribution in [0, 0.1) is 0 Å². The van der Waals surface area contributed by atoms with Crippen LogP contribution in [0.5, 0.6) is 11.5 Å². The third-order valence-corrected chi connectivity index (χ3v) is 9.66. The number of benzene rings is 8. The summed E-state index contributed by atoms with van der Waals surface area (Å²) in [5.74, 6) is 0.0826. The Hall–Kier alpha value is -6.52. The first kappa shape index (κ1) is 26.7. The van der Waals surface area contributed by atoms with Gasteiger partial charge < -0.3 is 19.0 Å². The molecule has 226 valence electrons. The van der Waals surface area contributed by atoms with Gasteiger partial charge in [0.2, 0.25) is 0 Å². The maximum absolute atomic E-state index is 12.7. The van der Waals surface area contributed by atoms with E-state index in [2.05, 4.69) is 24.3 Å². The van der Waals surface area contributed by atoms with Gasteiger partial charge in [0.15, 0.2) is 0 Å². The molecule has 0 saturated carbocycles. The Kier molecular flexibility index (Phi) is 5.55. The summed E-state index contributed by atoms with van der Waals surface area (Å²) in [6, 6.07) is 48.2. The van der Waals surface area contributed by atoms with E-state index in [0.29, 0.717) is 33.1 Å². The van der Waals surface area contributed by atoms with Gasteiger partial charge in [-0.15, -0.1) is 0 Å². The molecular formula is C44H26O4. The standard InChI is InChI=1S/C44H26O4/c45-41-37-27(19-21-31-29-15-7-9-17-35(29)47-43(31)37)23-33(25-11-3-1-4-12-25)39(41)40-34(26-13-5-2-6-14-26)24-28-20-22-32-30-16-8-10-18-36(30)48-44(32)38(28)42(40)46/h1-24,45-46H. The molecule has 2 N–H and O–H groups in total. The minimum absolute atomic E-state index is 0.0413. The van der Waals surface area contributed by atoms with Crippen molar-refractivity contribution in [2.45, 2.75) is 0 Å². The maximum Gasteiger partial charge on any atom is 0.146 e. The van der Waals surface area contributed by atoms with E-state index in [1.54, 1.807) is 0 Å². The van der Waals surface area contributed by atoms with E-state index in [-0.39, 0.29) is 11.5 Å². The topological polar surface area (TPSA) is 66.7 Å². The second-order valence-corrected chi connectivity index (χ2v) is 12.3. The molecule has 4 heteroatoms. The van der Waals surface area contributed by atoms with Crippen LogP contribution in [-0.2, 0) is 0 Å². The van der Waals surface area contributed by atoms with Crippen LogP contribution in [-0.4, -0.2) is 10.2 Å². The lowest BCUT2D eigenvalue weighted by molar-refractivity contribution is 0.475. The summed E-state index contributed by atoms with van der Waals surface area (Å²) in [4.78, 5) is 0. The number of phenolic OH excluding ortho intramolecular Hbond substituents is 2. The number of aromatic hydroxyl groups is 2. The van der Waals surface area contributed by atoms with Crippen LogP contribution in [0.2, 0.25) is 0 Å². The van der Waals surface area contributed by atoms with E-state index in [1.807, 2.05) is 121 Å². The lowest BCUT2D eigenvalue weighted by Gasteiger charge is -2.21. The minimum atomic E-state index is 0.0413. The van der Waals surface area contributed by atoms with E-state index >= 15 is 0 Å². The molecular weight excluding hydrogens is 592 g/mol. The van der Waals surface area contributed by atoms with Gasteiger partial charge in [0.05, 0.1) is 10.8 Å². The fourth-order valence-corrected chi connectivity index (χ4v) is 7.49. The zero-order valence-corrected chi connectivity index (χ0v) is 25.6.